The second kappa shape index (κ2) is 4.79. The summed E-state index contributed by atoms with van der Waals surface area (Å²) in [5.74, 6) is -0.539. The molecule has 1 fully saturated rings. The maximum atomic E-state index is 11.2. The second-order valence-electron chi connectivity index (χ2n) is 3.32. The molecule has 0 N–H and O–H groups in total. The van der Waals surface area contributed by atoms with E-state index in [1.807, 2.05) is 6.92 Å². The number of hydrogen-bond acceptors (Lipinski definition) is 3. The SMILES string of the molecule is C=C1CCC(=O)N1OC(=O)CCCC. The molecule has 0 aliphatic carbocycles. The minimum Gasteiger partial charge on any atom is -0.334 e. The molecule has 78 valence electrons. The highest BCUT2D eigenvalue weighted by Gasteiger charge is 2.27. The highest BCUT2D eigenvalue weighted by Crippen LogP contribution is 2.21. The zero-order valence-electron chi connectivity index (χ0n) is 8.41. The minimum atomic E-state index is -0.358. The Morgan fingerprint density at radius 2 is 2.29 bits per heavy atom. The van der Waals surface area contributed by atoms with E-state index in [-0.39, 0.29) is 11.9 Å². The number of allylic oxidation sites excluding steroid dienone is 1. The molecule has 0 radical (unpaired) electrons. The van der Waals surface area contributed by atoms with Crippen molar-refractivity contribution < 1.29 is 14.4 Å². The van der Waals surface area contributed by atoms with Gasteiger partial charge in [0.2, 0.25) is 0 Å². The third-order valence-corrected chi connectivity index (χ3v) is 2.07. The fourth-order valence-electron chi connectivity index (χ4n) is 1.21. The molecule has 0 spiro atoms. The van der Waals surface area contributed by atoms with Gasteiger partial charge in [0.05, 0.1) is 5.70 Å². The maximum Gasteiger partial charge on any atom is 0.333 e. The van der Waals surface area contributed by atoms with Gasteiger partial charge in [-0.3, -0.25) is 4.79 Å². The van der Waals surface area contributed by atoms with Gasteiger partial charge in [-0.1, -0.05) is 19.9 Å². The fraction of sp³-hybridized carbons (Fsp3) is 0.600. The van der Waals surface area contributed by atoms with Crippen LogP contribution in [0.25, 0.3) is 0 Å². The molecule has 1 aliphatic rings. The topological polar surface area (TPSA) is 46.6 Å². The highest BCUT2D eigenvalue weighted by atomic mass is 16.7. The van der Waals surface area contributed by atoms with Crippen LogP contribution < -0.4 is 0 Å². The van der Waals surface area contributed by atoms with Crippen molar-refractivity contribution in [3.05, 3.63) is 12.3 Å². The van der Waals surface area contributed by atoms with E-state index in [4.69, 9.17) is 4.84 Å². The van der Waals surface area contributed by atoms with Crippen LogP contribution >= 0.6 is 0 Å². The van der Waals surface area contributed by atoms with E-state index in [1.54, 1.807) is 0 Å². The Labute approximate surface area is 83.5 Å². The molecule has 1 heterocycles. The van der Waals surface area contributed by atoms with Crippen molar-refractivity contribution in [3.63, 3.8) is 0 Å². The molecule has 1 saturated heterocycles. The van der Waals surface area contributed by atoms with Crippen LogP contribution in [0.3, 0.4) is 0 Å². The first kappa shape index (κ1) is 10.8. The van der Waals surface area contributed by atoms with Gasteiger partial charge in [0.15, 0.2) is 0 Å². The van der Waals surface area contributed by atoms with Crippen LogP contribution in [0.5, 0.6) is 0 Å². The lowest BCUT2D eigenvalue weighted by atomic mass is 10.3. The van der Waals surface area contributed by atoms with Crippen LogP contribution in [0.2, 0.25) is 0 Å². The Morgan fingerprint density at radius 1 is 1.57 bits per heavy atom. The molecule has 0 atom stereocenters. The maximum absolute atomic E-state index is 11.2. The number of nitrogens with zero attached hydrogens (tertiary/aromatic N) is 1. The zero-order valence-corrected chi connectivity index (χ0v) is 8.41. The number of rotatable bonds is 4. The first-order valence-electron chi connectivity index (χ1n) is 4.86. The summed E-state index contributed by atoms with van der Waals surface area (Å²) in [7, 11) is 0. The molecule has 0 saturated carbocycles. The molecule has 0 aromatic heterocycles. The molecule has 0 aromatic carbocycles. The number of hydrogen-bond donors (Lipinski definition) is 0. The van der Waals surface area contributed by atoms with E-state index in [9.17, 15) is 9.59 Å². The summed E-state index contributed by atoms with van der Waals surface area (Å²) in [6, 6.07) is 0. The summed E-state index contributed by atoms with van der Waals surface area (Å²) in [6.07, 6.45) is 3.05. The van der Waals surface area contributed by atoms with Gasteiger partial charge in [0, 0.05) is 12.8 Å². The zero-order chi connectivity index (χ0) is 10.6. The normalized spacial score (nSPS) is 16.2. The molecule has 1 amide bonds. The quantitative estimate of drug-likeness (QED) is 0.690. The van der Waals surface area contributed by atoms with Crippen molar-refractivity contribution in [2.24, 2.45) is 0 Å². The molecule has 4 nitrogen and oxygen atoms in total. The van der Waals surface area contributed by atoms with Crippen molar-refractivity contribution in [3.8, 4) is 0 Å². The van der Waals surface area contributed by atoms with Crippen molar-refractivity contribution in [1.29, 1.82) is 0 Å². The lowest BCUT2D eigenvalue weighted by Crippen LogP contribution is -2.26. The van der Waals surface area contributed by atoms with Crippen molar-refractivity contribution in [2.75, 3.05) is 0 Å². The lowest BCUT2D eigenvalue weighted by molar-refractivity contribution is -0.186. The molecular weight excluding hydrogens is 182 g/mol. The lowest BCUT2D eigenvalue weighted by Gasteiger charge is -2.15. The molecular formula is C10H15NO3. The summed E-state index contributed by atoms with van der Waals surface area (Å²) in [5, 5.41) is 1.03. The third-order valence-electron chi connectivity index (χ3n) is 2.07. The van der Waals surface area contributed by atoms with E-state index < -0.39 is 0 Å². The summed E-state index contributed by atoms with van der Waals surface area (Å²) in [4.78, 5) is 27.3. The smallest absolute Gasteiger partial charge is 0.333 e. The van der Waals surface area contributed by atoms with Gasteiger partial charge in [0.25, 0.3) is 5.91 Å². The van der Waals surface area contributed by atoms with Crippen LogP contribution in [0.4, 0.5) is 0 Å². The first-order valence-corrected chi connectivity index (χ1v) is 4.86. The van der Waals surface area contributed by atoms with Crippen LogP contribution in [0.1, 0.15) is 39.0 Å². The van der Waals surface area contributed by atoms with E-state index >= 15 is 0 Å². The highest BCUT2D eigenvalue weighted by molar-refractivity contribution is 5.82. The number of hydroxylamine groups is 2. The van der Waals surface area contributed by atoms with Crippen molar-refractivity contribution in [2.45, 2.75) is 39.0 Å². The Hall–Kier alpha value is -1.32. The number of carbonyl (C=O) groups excluding carboxylic acids is 2. The van der Waals surface area contributed by atoms with E-state index in [0.717, 1.165) is 17.9 Å². The predicted octanol–water partition coefficient (Wildman–Crippen LogP) is 1.77. The Morgan fingerprint density at radius 3 is 2.79 bits per heavy atom. The fourth-order valence-corrected chi connectivity index (χ4v) is 1.21. The third kappa shape index (κ3) is 2.58. The summed E-state index contributed by atoms with van der Waals surface area (Å²) < 4.78 is 0. The molecule has 0 aromatic rings. The predicted molar refractivity (Wildman–Crippen MR) is 50.8 cm³/mol. The average molecular weight is 197 g/mol. The number of unbranched alkanes of at least 4 members (excludes halogenated alkanes) is 1. The van der Waals surface area contributed by atoms with Crippen LogP contribution in [0.15, 0.2) is 12.3 Å². The first-order chi connectivity index (χ1) is 6.65. The Kier molecular flexibility index (Phi) is 3.68. The molecule has 1 rings (SSSR count). The van der Waals surface area contributed by atoms with E-state index in [1.165, 1.54) is 0 Å². The van der Waals surface area contributed by atoms with Gasteiger partial charge in [-0.15, -0.1) is 5.06 Å². The van der Waals surface area contributed by atoms with Gasteiger partial charge >= 0.3 is 5.97 Å². The second-order valence-corrected chi connectivity index (χ2v) is 3.32. The molecule has 4 heteroatoms. The van der Waals surface area contributed by atoms with E-state index in [2.05, 4.69) is 6.58 Å². The van der Waals surface area contributed by atoms with Crippen molar-refractivity contribution in [1.82, 2.24) is 5.06 Å². The van der Waals surface area contributed by atoms with Crippen LogP contribution in [-0.4, -0.2) is 16.9 Å². The van der Waals surface area contributed by atoms with Crippen LogP contribution in [-0.2, 0) is 14.4 Å². The van der Waals surface area contributed by atoms with E-state index in [0.29, 0.717) is 25.0 Å². The largest absolute Gasteiger partial charge is 0.334 e. The van der Waals surface area contributed by atoms with Gasteiger partial charge in [-0.05, 0) is 12.8 Å². The molecule has 14 heavy (non-hydrogen) atoms. The van der Waals surface area contributed by atoms with Gasteiger partial charge in [-0.2, -0.15) is 0 Å². The van der Waals surface area contributed by atoms with Gasteiger partial charge in [0.1, 0.15) is 0 Å². The molecule has 0 unspecified atom stereocenters. The Bertz CT molecular complexity index is 244. The standard InChI is InChI=1S/C10H15NO3/c1-3-4-5-10(13)14-11-8(2)6-7-9(11)12/h2-7H2,1H3. The minimum absolute atomic E-state index is 0.181. The van der Waals surface area contributed by atoms with Crippen LogP contribution in [0, 0.1) is 0 Å². The van der Waals surface area contributed by atoms with Gasteiger partial charge in [-0.25, -0.2) is 4.79 Å². The number of amides is 1. The number of carbonyl (C=O) groups is 2. The monoisotopic (exact) mass is 197 g/mol. The Balaban J connectivity index is 2.39. The molecule has 0 bridgehead atoms. The average Bonchev–Trinajstić information content (AvgIpc) is 2.46. The summed E-state index contributed by atoms with van der Waals surface area (Å²) in [5.41, 5.74) is 0.569. The summed E-state index contributed by atoms with van der Waals surface area (Å²) in [6.45, 7) is 5.64. The van der Waals surface area contributed by atoms with Gasteiger partial charge < -0.3 is 4.84 Å². The molecule has 1 aliphatic heterocycles. The van der Waals surface area contributed by atoms with Crippen molar-refractivity contribution >= 4 is 11.9 Å². The summed E-state index contributed by atoms with van der Waals surface area (Å²) >= 11 is 0.